The summed E-state index contributed by atoms with van der Waals surface area (Å²) in [6.45, 7) is 0.264. The number of likely N-dealkylation sites (N-methyl/N-ethyl adjacent to an activating group) is 1. The second kappa shape index (κ2) is 9.44. The van der Waals surface area contributed by atoms with Gasteiger partial charge in [0, 0.05) is 12.1 Å². The summed E-state index contributed by atoms with van der Waals surface area (Å²) in [5, 5.41) is 11.9. The van der Waals surface area contributed by atoms with Crippen molar-refractivity contribution in [2.24, 2.45) is 0 Å². The van der Waals surface area contributed by atoms with Gasteiger partial charge in [0.15, 0.2) is 6.61 Å². The van der Waals surface area contributed by atoms with Gasteiger partial charge in [-0.25, -0.2) is 0 Å². The topological polar surface area (TPSA) is 74.6 Å². The highest BCUT2D eigenvalue weighted by Gasteiger charge is 2.19. The predicted octanol–water partition coefficient (Wildman–Crippen LogP) is 2.36. The molecule has 1 amide bonds. The van der Waals surface area contributed by atoms with Crippen LogP contribution in [0.15, 0.2) is 48.5 Å². The molecule has 0 saturated heterocycles. The maximum Gasteiger partial charge on any atom is 0.258 e. The van der Waals surface area contributed by atoms with Gasteiger partial charge in [-0.1, -0.05) is 30.3 Å². The number of amides is 1. The van der Waals surface area contributed by atoms with E-state index in [9.17, 15) is 4.79 Å². The summed E-state index contributed by atoms with van der Waals surface area (Å²) in [4.78, 5) is 14.2. The lowest BCUT2D eigenvalue weighted by molar-refractivity contribution is -0.123. The summed E-state index contributed by atoms with van der Waals surface area (Å²) in [7, 11) is 5.52. The fraction of sp³-hybridized carbons (Fsp3) is 0.300. The van der Waals surface area contributed by atoms with Crippen molar-refractivity contribution in [1.82, 2.24) is 10.2 Å². The molecule has 0 saturated carbocycles. The Bertz CT molecular complexity index is 784. The zero-order chi connectivity index (χ0) is 18.9. The molecule has 136 valence electrons. The van der Waals surface area contributed by atoms with E-state index in [1.165, 1.54) is 0 Å². The number of rotatable bonds is 8. The molecule has 6 heteroatoms. The van der Waals surface area contributed by atoms with Gasteiger partial charge in [-0.3, -0.25) is 4.79 Å². The van der Waals surface area contributed by atoms with E-state index in [4.69, 9.17) is 14.7 Å². The van der Waals surface area contributed by atoms with Crippen molar-refractivity contribution in [3.63, 3.8) is 0 Å². The molecule has 1 N–H and O–H groups in total. The van der Waals surface area contributed by atoms with Crippen molar-refractivity contribution in [1.29, 1.82) is 5.26 Å². The maximum atomic E-state index is 12.2. The first kappa shape index (κ1) is 19.3. The van der Waals surface area contributed by atoms with Crippen molar-refractivity contribution in [2.75, 3.05) is 34.4 Å². The first-order valence-electron chi connectivity index (χ1n) is 8.24. The van der Waals surface area contributed by atoms with Gasteiger partial charge in [0.05, 0.1) is 18.7 Å². The van der Waals surface area contributed by atoms with Crippen LogP contribution in [0.25, 0.3) is 0 Å². The van der Waals surface area contributed by atoms with Gasteiger partial charge >= 0.3 is 0 Å². The molecule has 0 aliphatic rings. The van der Waals surface area contributed by atoms with Gasteiger partial charge < -0.3 is 19.7 Å². The van der Waals surface area contributed by atoms with Crippen LogP contribution in [0.1, 0.15) is 17.2 Å². The Balaban J connectivity index is 1.97. The van der Waals surface area contributed by atoms with E-state index in [1.807, 2.05) is 49.3 Å². The summed E-state index contributed by atoms with van der Waals surface area (Å²) in [5.74, 6) is 0.929. The van der Waals surface area contributed by atoms with Crippen LogP contribution in [0.2, 0.25) is 0 Å². The van der Waals surface area contributed by atoms with Crippen LogP contribution in [-0.4, -0.2) is 45.2 Å². The number of nitrogens with zero attached hydrogens (tertiary/aromatic N) is 2. The highest BCUT2D eigenvalue weighted by molar-refractivity contribution is 5.77. The smallest absolute Gasteiger partial charge is 0.258 e. The average molecular weight is 353 g/mol. The van der Waals surface area contributed by atoms with Gasteiger partial charge in [-0.15, -0.1) is 0 Å². The lowest BCUT2D eigenvalue weighted by Crippen LogP contribution is -2.37. The van der Waals surface area contributed by atoms with Crippen LogP contribution in [0.5, 0.6) is 11.5 Å². The Kier molecular flexibility index (Phi) is 7.01. The number of carbonyl (C=O) groups excluding carboxylic acids is 1. The quantitative estimate of drug-likeness (QED) is 0.789. The molecule has 0 aliphatic carbocycles. The third-order valence-electron chi connectivity index (χ3n) is 3.98. The number of para-hydroxylation sites is 2. The van der Waals surface area contributed by atoms with Crippen molar-refractivity contribution >= 4 is 5.91 Å². The van der Waals surface area contributed by atoms with Crippen molar-refractivity contribution in [2.45, 2.75) is 6.04 Å². The Labute approximate surface area is 153 Å². The van der Waals surface area contributed by atoms with E-state index >= 15 is 0 Å². The third kappa shape index (κ3) is 4.98. The standard InChI is InChI=1S/C20H23N3O3/c1-23(2)17(16-9-5-7-11-19(16)25-3)13-22-20(24)14-26-18-10-6-4-8-15(18)12-21/h4-11,17H,13-14H2,1-3H3,(H,22,24). The fourth-order valence-electron chi connectivity index (χ4n) is 2.60. The van der Waals surface area contributed by atoms with E-state index in [-0.39, 0.29) is 18.6 Å². The van der Waals surface area contributed by atoms with E-state index in [1.54, 1.807) is 31.4 Å². The number of nitrogens with one attached hydrogen (secondary N) is 1. The van der Waals surface area contributed by atoms with Crippen LogP contribution < -0.4 is 14.8 Å². The second-order valence-electron chi connectivity index (χ2n) is 5.92. The number of carbonyl (C=O) groups is 1. The summed E-state index contributed by atoms with van der Waals surface area (Å²) in [6.07, 6.45) is 0. The summed E-state index contributed by atoms with van der Waals surface area (Å²) < 4.78 is 10.9. The molecule has 1 atom stereocenters. The van der Waals surface area contributed by atoms with E-state index in [2.05, 4.69) is 5.32 Å². The predicted molar refractivity (Wildman–Crippen MR) is 99.1 cm³/mol. The third-order valence-corrected chi connectivity index (χ3v) is 3.98. The highest BCUT2D eigenvalue weighted by Crippen LogP contribution is 2.27. The first-order chi connectivity index (χ1) is 12.6. The minimum Gasteiger partial charge on any atom is -0.496 e. The molecule has 2 aromatic rings. The minimum atomic E-state index is -0.250. The van der Waals surface area contributed by atoms with Crippen LogP contribution >= 0.6 is 0 Å². The number of benzene rings is 2. The zero-order valence-corrected chi connectivity index (χ0v) is 15.2. The molecule has 0 aromatic heterocycles. The first-order valence-corrected chi connectivity index (χ1v) is 8.24. The molecule has 2 aromatic carbocycles. The highest BCUT2D eigenvalue weighted by atomic mass is 16.5. The Hall–Kier alpha value is -3.04. The van der Waals surface area contributed by atoms with Gasteiger partial charge in [0.1, 0.15) is 17.6 Å². The second-order valence-corrected chi connectivity index (χ2v) is 5.92. The van der Waals surface area contributed by atoms with Crippen LogP contribution in [-0.2, 0) is 4.79 Å². The molecule has 0 bridgehead atoms. The fourth-order valence-corrected chi connectivity index (χ4v) is 2.60. The van der Waals surface area contributed by atoms with E-state index in [0.717, 1.165) is 11.3 Å². The molecule has 6 nitrogen and oxygen atoms in total. The van der Waals surface area contributed by atoms with E-state index in [0.29, 0.717) is 17.9 Å². The number of hydrogen-bond acceptors (Lipinski definition) is 5. The number of hydrogen-bond donors (Lipinski definition) is 1. The number of nitriles is 1. The van der Waals surface area contributed by atoms with Gasteiger partial charge in [0.2, 0.25) is 0 Å². The van der Waals surface area contributed by atoms with E-state index < -0.39 is 0 Å². The molecule has 26 heavy (non-hydrogen) atoms. The lowest BCUT2D eigenvalue weighted by Gasteiger charge is -2.26. The van der Waals surface area contributed by atoms with Crippen molar-refractivity contribution in [3.8, 4) is 17.6 Å². The monoisotopic (exact) mass is 353 g/mol. The minimum absolute atomic E-state index is 0.0403. The Morgan fingerprint density at radius 2 is 1.81 bits per heavy atom. The molecular weight excluding hydrogens is 330 g/mol. The van der Waals surface area contributed by atoms with Gasteiger partial charge in [-0.05, 0) is 32.3 Å². The van der Waals surface area contributed by atoms with Gasteiger partial charge in [0.25, 0.3) is 5.91 Å². The normalized spacial score (nSPS) is 11.5. The Morgan fingerprint density at radius 3 is 2.46 bits per heavy atom. The molecular formula is C20H23N3O3. The summed E-state index contributed by atoms with van der Waals surface area (Å²) >= 11 is 0. The summed E-state index contributed by atoms with van der Waals surface area (Å²) in [6, 6.07) is 16.6. The molecule has 0 aliphatic heterocycles. The molecule has 0 fully saturated rings. The van der Waals surface area contributed by atoms with Crippen molar-refractivity contribution < 1.29 is 14.3 Å². The molecule has 1 unspecified atom stereocenters. The molecule has 0 heterocycles. The Morgan fingerprint density at radius 1 is 1.15 bits per heavy atom. The summed E-state index contributed by atoms with van der Waals surface area (Å²) in [5.41, 5.74) is 1.40. The van der Waals surface area contributed by atoms with Gasteiger partial charge in [-0.2, -0.15) is 5.26 Å². The number of ether oxygens (including phenoxy) is 2. The molecule has 0 radical (unpaired) electrons. The molecule has 0 spiro atoms. The average Bonchev–Trinajstić information content (AvgIpc) is 2.66. The largest absolute Gasteiger partial charge is 0.496 e. The number of methoxy groups -OCH3 is 1. The molecule has 2 rings (SSSR count). The SMILES string of the molecule is COc1ccccc1C(CNC(=O)COc1ccccc1C#N)N(C)C. The van der Waals surface area contributed by atoms with Crippen molar-refractivity contribution in [3.05, 3.63) is 59.7 Å². The van der Waals surface area contributed by atoms with Crippen LogP contribution in [0.4, 0.5) is 0 Å². The van der Waals surface area contributed by atoms with Crippen LogP contribution in [0, 0.1) is 11.3 Å². The maximum absolute atomic E-state index is 12.2. The lowest BCUT2D eigenvalue weighted by atomic mass is 10.0. The van der Waals surface area contributed by atoms with Crippen LogP contribution in [0.3, 0.4) is 0 Å². The zero-order valence-electron chi connectivity index (χ0n) is 15.2.